The van der Waals surface area contributed by atoms with Crippen molar-refractivity contribution in [3.63, 3.8) is 0 Å². The van der Waals surface area contributed by atoms with E-state index >= 15 is 0 Å². The van der Waals surface area contributed by atoms with Crippen molar-refractivity contribution >= 4 is 5.91 Å². The smallest absolute Gasteiger partial charge is 0.224 e. The summed E-state index contributed by atoms with van der Waals surface area (Å²) >= 11 is 0. The van der Waals surface area contributed by atoms with Gasteiger partial charge in [0.1, 0.15) is 0 Å². The quantitative estimate of drug-likeness (QED) is 0.822. The number of nitrogens with zero attached hydrogens (tertiary/aromatic N) is 4. The molecule has 1 aromatic rings. The highest BCUT2D eigenvalue weighted by atomic mass is 16.2. The minimum atomic E-state index is 0.289. The molecule has 1 aromatic carbocycles. The number of benzene rings is 1. The first-order valence-electron chi connectivity index (χ1n) is 8.26. The van der Waals surface area contributed by atoms with Gasteiger partial charge in [0.15, 0.2) is 0 Å². The van der Waals surface area contributed by atoms with Crippen LogP contribution in [0.4, 0.5) is 0 Å². The van der Waals surface area contributed by atoms with Crippen molar-refractivity contribution in [1.29, 1.82) is 5.26 Å². The largest absolute Gasteiger partial charge is 0.337 e. The molecule has 2 heterocycles. The summed E-state index contributed by atoms with van der Waals surface area (Å²) in [4.78, 5) is 19.0. The lowest BCUT2D eigenvalue weighted by atomic mass is 10.1. The maximum absolute atomic E-state index is 12.3. The van der Waals surface area contributed by atoms with Crippen LogP contribution in [0.1, 0.15) is 24.0 Å². The van der Waals surface area contributed by atoms with E-state index in [-0.39, 0.29) is 5.91 Å². The summed E-state index contributed by atoms with van der Waals surface area (Å²) in [6.45, 7) is 3.59. The highest BCUT2D eigenvalue weighted by molar-refractivity contribution is 5.80. The number of likely N-dealkylation sites (tertiary alicyclic amines) is 2. The third kappa shape index (κ3) is 3.39. The number of hydrogen-bond donors (Lipinski definition) is 0. The number of likely N-dealkylation sites (N-methyl/N-ethyl adjacent to an activating group) is 1. The zero-order valence-corrected chi connectivity index (χ0v) is 13.9. The Morgan fingerprint density at radius 1 is 1.35 bits per heavy atom. The second-order valence-corrected chi connectivity index (χ2v) is 6.80. The number of amides is 1. The van der Waals surface area contributed by atoms with Crippen LogP contribution >= 0.6 is 0 Å². The molecule has 2 saturated heterocycles. The fourth-order valence-corrected chi connectivity index (χ4v) is 3.78. The second-order valence-electron chi connectivity index (χ2n) is 6.80. The molecule has 2 aliphatic rings. The molecule has 0 N–H and O–H groups in total. The summed E-state index contributed by atoms with van der Waals surface area (Å²) in [6.07, 6.45) is 1.69. The van der Waals surface area contributed by atoms with E-state index in [9.17, 15) is 4.79 Å². The van der Waals surface area contributed by atoms with E-state index in [4.69, 9.17) is 5.26 Å². The minimum Gasteiger partial charge on any atom is -0.337 e. The molecular weight excluding hydrogens is 288 g/mol. The number of hydrogen-bond acceptors (Lipinski definition) is 4. The molecular formula is C18H24N4O. The Labute approximate surface area is 138 Å². The van der Waals surface area contributed by atoms with Crippen molar-refractivity contribution in [1.82, 2.24) is 14.7 Å². The Hall–Kier alpha value is -1.90. The van der Waals surface area contributed by atoms with Crippen LogP contribution in [0.3, 0.4) is 0 Å². The molecule has 0 aliphatic carbocycles. The molecule has 1 amide bonds. The topological polar surface area (TPSA) is 50.6 Å². The maximum atomic E-state index is 12.3. The van der Waals surface area contributed by atoms with E-state index in [1.807, 2.05) is 32.3 Å². The van der Waals surface area contributed by atoms with E-state index < -0.39 is 0 Å². The second kappa shape index (κ2) is 6.69. The lowest BCUT2D eigenvalue weighted by Crippen LogP contribution is -2.40. The average molecular weight is 312 g/mol. The van der Waals surface area contributed by atoms with Gasteiger partial charge in [-0.3, -0.25) is 9.69 Å². The Kier molecular flexibility index (Phi) is 4.65. The fraction of sp³-hybridized carbons (Fsp3) is 0.556. The standard InChI is InChI=1S/C18H24N4O/c1-20(2)8-9-22-16-6-7-21(17(16)11-18(22)23)13-15-5-3-4-14(10-15)12-19/h3-5,10,16-17H,6-9,11,13H2,1-2H3/t16-,17+/m1/s1. The monoisotopic (exact) mass is 312 g/mol. The number of carbonyl (C=O) groups is 1. The summed E-state index contributed by atoms with van der Waals surface area (Å²) in [6, 6.07) is 10.7. The third-order valence-electron chi connectivity index (χ3n) is 4.96. The van der Waals surface area contributed by atoms with Gasteiger partial charge in [-0.25, -0.2) is 0 Å². The third-order valence-corrected chi connectivity index (χ3v) is 4.96. The van der Waals surface area contributed by atoms with E-state index in [1.165, 1.54) is 0 Å². The van der Waals surface area contributed by atoms with Gasteiger partial charge in [-0.15, -0.1) is 0 Å². The van der Waals surface area contributed by atoms with Gasteiger partial charge in [0.2, 0.25) is 5.91 Å². The molecule has 122 valence electrons. The summed E-state index contributed by atoms with van der Waals surface area (Å²) in [5.41, 5.74) is 1.86. The molecule has 0 bridgehead atoms. The predicted octanol–water partition coefficient (Wildman–Crippen LogP) is 1.30. The maximum Gasteiger partial charge on any atom is 0.224 e. The van der Waals surface area contributed by atoms with Crippen molar-refractivity contribution in [2.24, 2.45) is 0 Å². The summed E-state index contributed by atoms with van der Waals surface area (Å²) in [5, 5.41) is 9.03. The Balaban J connectivity index is 1.66. The molecule has 0 saturated carbocycles. The number of carbonyl (C=O) groups excluding carboxylic acids is 1. The van der Waals surface area contributed by atoms with Crippen LogP contribution in [0.2, 0.25) is 0 Å². The fourth-order valence-electron chi connectivity index (χ4n) is 3.78. The van der Waals surface area contributed by atoms with Crippen LogP contribution in [0.25, 0.3) is 0 Å². The molecule has 0 spiro atoms. The molecule has 2 fully saturated rings. The van der Waals surface area contributed by atoms with Gasteiger partial charge in [0.05, 0.1) is 11.6 Å². The zero-order valence-electron chi connectivity index (χ0n) is 13.9. The van der Waals surface area contributed by atoms with Crippen molar-refractivity contribution in [2.75, 3.05) is 33.7 Å². The average Bonchev–Trinajstić information content (AvgIpc) is 3.04. The van der Waals surface area contributed by atoms with E-state index in [0.29, 0.717) is 24.1 Å². The van der Waals surface area contributed by atoms with Gasteiger partial charge in [-0.1, -0.05) is 12.1 Å². The van der Waals surface area contributed by atoms with Crippen molar-refractivity contribution < 1.29 is 4.79 Å². The van der Waals surface area contributed by atoms with Gasteiger partial charge in [0, 0.05) is 44.7 Å². The van der Waals surface area contributed by atoms with Crippen LogP contribution in [0.15, 0.2) is 24.3 Å². The minimum absolute atomic E-state index is 0.289. The SMILES string of the molecule is CN(C)CCN1C(=O)C[C@H]2[C@H]1CCN2Cc1cccc(C#N)c1. The zero-order chi connectivity index (χ0) is 16.4. The number of fused-ring (bicyclic) bond motifs is 1. The predicted molar refractivity (Wildman–Crippen MR) is 88.6 cm³/mol. The summed E-state index contributed by atoms with van der Waals surface area (Å²) < 4.78 is 0. The molecule has 0 aromatic heterocycles. The summed E-state index contributed by atoms with van der Waals surface area (Å²) in [5.74, 6) is 0.289. The Morgan fingerprint density at radius 3 is 2.91 bits per heavy atom. The van der Waals surface area contributed by atoms with Crippen LogP contribution in [-0.4, -0.2) is 66.4 Å². The molecule has 23 heavy (non-hydrogen) atoms. The molecule has 3 rings (SSSR count). The van der Waals surface area contributed by atoms with Gasteiger partial charge < -0.3 is 9.80 Å². The molecule has 0 radical (unpaired) electrons. The number of rotatable bonds is 5. The molecule has 0 unspecified atom stereocenters. The van der Waals surface area contributed by atoms with E-state index in [1.54, 1.807) is 0 Å². The van der Waals surface area contributed by atoms with Crippen LogP contribution < -0.4 is 0 Å². The van der Waals surface area contributed by atoms with Gasteiger partial charge >= 0.3 is 0 Å². The Bertz CT molecular complexity index is 622. The first kappa shape index (κ1) is 16.0. The van der Waals surface area contributed by atoms with Crippen LogP contribution in [0, 0.1) is 11.3 Å². The van der Waals surface area contributed by atoms with E-state index in [0.717, 1.165) is 38.2 Å². The molecule has 2 atom stereocenters. The van der Waals surface area contributed by atoms with Crippen molar-refractivity contribution in [2.45, 2.75) is 31.5 Å². The highest BCUT2D eigenvalue weighted by Gasteiger charge is 2.46. The van der Waals surface area contributed by atoms with E-state index in [2.05, 4.69) is 26.8 Å². The molecule has 5 nitrogen and oxygen atoms in total. The van der Waals surface area contributed by atoms with Crippen LogP contribution in [0.5, 0.6) is 0 Å². The highest BCUT2D eigenvalue weighted by Crippen LogP contribution is 2.33. The van der Waals surface area contributed by atoms with Gasteiger partial charge in [-0.2, -0.15) is 5.26 Å². The van der Waals surface area contributed by atoms with Crippen molar-refractivity contribution in [3.8, 4) is 6.07 Å². The normalized spacial score (nSPS) is 24.3. The van der Waals surface area contributed by atoms with Crippen molar-refractivity contribution in [3.05, 3.63) is 35.4 Å². The lowest BCUT2D eigenvalue weighted by Gasteiger charge is -2.26. The molecule has 5 heteroatoms. The molecule has 2 aliphatic heterocycles. The Morgan fingerprint density at radius 2 is 2.17 bits per heavy atom. The van der Waals surface area contributed by atoms with Gasteiger partial charge in [0.25, 0.3) is 0 Å². The van der Waals surface area contributed by atoms with Crippen LogP contribution in [-0.2, 0) is 11.3 Å². The van der Waals surface area contributed by atoms with Gasteiger partial charge in [-0.05, 0) is 38.2 Å². The number of nitriles is 1. The first-order chi connectivity index (χ1) is 11.1. The lowest BCUT2D eigenvalue weighted by molar-refractivity contribution is -0.129. The first-order valence-corrected chi connectivity index (χ1v) is 8.26. The summed E-state index contributed by atoms with van der Waals surface area (Å²) in [7, 11) is 4.09.